The van der Waals surface area contributed by atoms with Crippen molar-refractivity contribution in [3.63, 3.8) is 0 Å². The number of carbonyl (C=O) groups excluding carboxylic acids is 1. The normalized spacial score (nSPS) is 22.9. The van der Waals surface area contributed by atoms with E-state index in [0.717, 1.165) is 43.6 Å². The smallest absolute Gasteiger partial charge is 0.228 e. The van der Waals surface area contributed by atoms with Crippen LogP contribution in [-0.2, 0) is 4.79 Å². The van der Waals surface area contributed by atoms with Crippen molar-refractivity contribution < 1.29 is 4.79 Å². The Morgan fingerprint density at radius 2 is 2.00 bits per heavy atom. The fourth-order valence-electron chi connectivity index (χ4n) is 3.61. The SMILES string of the molecule is Cc1cc(SC(C)(C)C)ccc1NC(=O)C1CC12CCNCC2. The molecule has 1 heterocycles. The maximum absolute atomic E-state index is 12.6. The summed E-state index contributed by atoms with van der Waals surface area (Å²) in [5.41, 5.74) is 2.41. The zero-order valence-corrected chi connectivity index (χ0v) is 15.5. The Morgan fingerprint density at radius 3 is 2.61 bits per heavy atom. The predicted octanol–water partition coefficient (Wildman–Crippen LogP) is 4.21. The summed E-state index contributed by atoms with van der Waals surface area (Å²) in [6.07, 6.45) is 3.36. The van der Waals surface area contributed by atoms with Crippen LogP contribution in [0.3, 0.4) is 0 Å². The van der Waals surface area contributed by atoms with Crippen LogP contribution in [0, 0.1) is 18.3 Å². The van der Waals surface area contributed by atoms with Crippen LogP contribution in [0.4, 0.5) is 5.69 Å². The van der Waals surface area contributed by atoms with Gasteiger partial charge in [0.2, 0.25) is 5.91 Å². The second-order valence-electron chi connectivity index (χ2n) is 8.05. The minimum atomic E-state index is 0.201. The number of hydrogen-bond acceptors (Lipinski definition) is 3. The van der Waals surface area contributed by atoms with Gasteiger partial charge in [-0.25, -0.2) is 0 Å². The lowest BCUT2D eigenvalue weighted by atomic mass is 9.91. The van der Waals surface area contributed by atoms with E-state index >= 15 is 0 Å². The van der Waals surface area contributed by atoms with Gasteiger partial charge >= 0.3 is 0 Å². The minimum Gasteiger partial charge on any atom is -0.326 e. The van der Waals surface area contributed by atoms with E-state index in [4.69, 9.17) is 0 Å². The van der Waals surface area contributed by atoms with Crippen LogP contribution in [-0.4, -0.2) is 23.7 Å². The Balaban J connectivity index is 1.63. The third kappa shape index (κ3) is 3.92. The predicted molar refractivity (Wildman–Crippen MR) is 98.1 cm³/mol. The van der Waals surface area contributed by atoms with Crippen molar-refractivity contribution in [2.75, 3.05) is 18.4 Å². The second-order valence-corrected chi connectivity index (χ2v) is 9.95. The summed E-state index contributed by atoms with van der Waals surface area (Å²) in [6, 6.07) is 6.35. The van der Waals surface area contributed by atoms with Crippen LogP contribution < -0.4 is 10.6 Å². The number of hydrogen-bond donors (Lipinski definition) is 2. The molecular formula is C19H28N2OS. The number of piperidine rings is 1. The first-order valence-electron chi connectivity index (χ1n) is 8.60. The molecule has 2 fully saturated rings. The molecule has 0 radical (unpaired) electrons. The van der Waals surface area contributed by atoms with Crippen molar-refractivity contribution >= 4 is 23.4 Å². The molecule has 2 N–H and O–H groups in total. The van der Waals surface area contributed by atoms with E-state index in [1.165, 1.54) is 4.90 Å². The van der Waals surface area contributed by atoms with Gasteiger partial charge in [-0.2, -0.15) is 0 Å². The second kappa shape index (κ2) is 6.14. The fourth-order valence-corrected chi connectivity index (χ4v) is 4.69. The highest BCUT2D eigenvalue weighted by molar-refractivity contribution is 8.00. The molecule has 126 valence electrons. The summed E-state index contributed by atoms with van der Waals surface area (Å²) in [5.74, 6) is 0.429. The van der Waals surface area contributed by atoms with E-state index in [1.807, 2.05) is 11.8 Å². The van der Waals surface area contributed by atoms with E-state index in [2.05, 4.69) is 56.5 Å². The molecule has 2 aliphatic rings. The molecule has 0 bridgehead atoms. The van der Waals surface area contributed by atoms with Crippen LogP contribution in [0.15, 0.2) is 23.1 Å². The van der Waals surface area contributed by atoms with Gasteiger partial charge in [0.25, 0.3) is 0 Å². The van der Waals surface area contributed by atoms with Crippen molar-refractivity contribution in [3.8, 4) is 0 Å². The monoisotopic (exact) mass is 332 g/mol. The van der Waals surface area contributed by atoms with Gasteiger partial charge < -0.3 is 10.6 Å². The largest absolute Gasteiger partial charge is 0.326 e. The maximum atomic E-state index is 12.6. The highest BCUT2D eigenvalue weighted by Gasteiger charge is 2.57. The first-order chi connectivity index (χ1) is 10.8. The molecule has 1 unspecified atom stereocenters. The first-order valence-corrected chi connectivity index (χ1v) is 9.42. The molecule has 1 aliphatic carbocycles. The van der Waals surface area contributed by atoms with Crippen molar-refractivity contribution in [1.29, 1.82) is 0 Å². The number of amides is 1. The average Bonchev–Trinajstić information content (AvgIpc) is 3.14. The van der Waals surface area contributed by atoms with Gasteiger partial charge in [0, 0.05) is 21.2 Å². The number of benzene rings is 1. The van der Waals surface area contributed by atoms with Crippen molar-refractivity contribution in [2.45, 2.75) is 56.6 Å². The summed E-state index contributed by atoms with van der Waals surface area (Å²) < 4.78 is 0.201. The lowest BCUT2D eigenvalue weighted by molar-refractivity contribution is -0.118. The van der Waals surface area contributed by atoms with E-state index in [-0.39, 0.29) is 16.6 Å². The maximum Gasteiger partial charge on any atom is 0.228 e. The molecule has 23 heavy (non-hydrogen) atoms. The number of aryl methyl sites for hydroxylation is 1. The summed E-state index contributed by atoms with van der Waals surface area (Å²) in [5, 5.41) is 6.55. The number of rotatable bonds is 3. The average molecular weight is 333 g/mol. The van der Waals surface area contributed by atoms with E-state index in [1.54, 1.807) is 0 Å². The van der Waals surface area contributed by atoms with Gasteiger partial charge in [0.05, 0.1) is 0 Å². The minimum absolute atomic E-state index is 0.201. The van der Waals surface area contributed by atoms with E-state index in [0.29, 0.717) is 5.41 Å². The molecular weight excluding hydrogens is 304 g/mol. The van der Waals surface area contributed by atoms with Gasteiger partial charge in [-0.3, -0.25) is 4.79 Å². The Morgan fingerprint density at radius 1 is 1.30 bits per heavy atom. The summed E-state index contributed by atoms with van der Waals surface area (Å²) in [6.45, 7) is 10.8. The first kappa shape index (κ1) is 16.8. The van der Waals surface area contributed by atoms with Crippen LogP contribution in [0.2, 0.25) is 0 Å². The molecule has 3 nitrogen and oxygen atoms in total. The van der Waals surface area contributed by atoms with Gasteiger partial charge in [-0.1, -0.05) is 20.8 Å². The summed E-state index contributed by atoms with van der Waals surface area (Å²) >= 11 is 1.86. The number of nitrogens with one attached hydrogen (secondary N) is 2. The van der Waals surface area contributed by atoms with Gasteiger partial charge in [-0.15, -0.1) is 11.8 Å². The highest BCUT2D eigenvalue weighted by Crippen LogP contribution is 2.58. The molecule has 1 atom stereocenters. The van der Waals surface area contributed by atoms with Crippen molar-refractivity contribution in [2.24, 2.45) is 11.3 Å². The van der Waals surface area contributed by atoms with Crippen molar-refractivity contribution in [3.05, 3.63) is 23.8 Å². The number of thioether (sulfide) groups is 1. The Kier molecular flexibility index (Phi) is 4.49. The highest BCUT2D eigenvalue weighted by atomic mass is 32.2. The third-order valence-electron chi connectivity index (χ3n) is 4.99. The van der Waals surface area contributed by atoms with Crippen LogP contribution in [0.1, 0.15) is 45.6 Å². The molecule has 1 saturated heterocycles. The summed E-state index contributed by atoms with van der Waals surface area (Å²) in [4.78, 5) is 13.8. The Labute approximate surface area is 144 Å². The molecule has 0 aromatic heterocycles. The van der Waals surface area contributed by atoms with Crippen LogP contribution >= 0.6 is 11.8 Å². The van der Waals surface area contributed by atoms with Gasteiger partial charge in [0.1, 0.15) is 0 Å². The molecule has 4 heteroatoms. The van der Waals surface area contributed by atoms with Gasteiger partial charge in [-0.05, 0) is 68.5 Å². The number of carbonyl (C=O) groups is 1. The van der Waals surface area contributed by atoms with Gasteiger partial charge in [0.15, 0.2) is 0 Å². The topological polar surface area (TPSA) is 41.1 Å². The fraction of sp³-hybridized carbons (Fsp3) is 0.632. The molecule has 1 amide bonds. The summed E-state index contributed by atoms with van der Waals surface area (Å²) in [7, 11) is 0. The molecule has 3 rings (SSSR count). The Bertz CT molecular complexity index is 600. The molecule has 1 saturated carbocycles. The Hall–Kier alpha value is -1.00. The zero-order chi connectivity index (χ0) is 16.7. The van der Waals surface area contributed by atoms with Crippen LogP contribution in [0.5, 0.6) is 0 Å². The third-order valence-corrected chi connectivity index (χ3v) is 6.09. The van der Waals surface area contributed by atoms with E-state index < -0.39 is 0 Å². The van der Waals surface area contributed by atoms with E-state index in [9.17, 15) is 4.79 Å². The molecule has 1 aliphatic heterocycles. The lowest BCUT2D eigenvalue weighted by Crippen LogP contribution is -2.31. The lowest BCUT2D eigenvalue weighted by Gasteiger charge is -2.23. The zero-order valence-electron chi connectivity index (χ0n) is 14.7. The molecule has 1 spiro atoms. The number of anilines is 1. The van der Waals surface area contributed by atoms with Crippen molar-refractivity contribution in [1.82, 2.24) is 5.32 Å². The molecule has 1 aromatic carbocycles. The standard InChI is InChI=1S/C19H28N2OS/c1-13-11-14(23-18(2,3)4)5-6-16(13)21-17(22)15-12-19(15)7-9-20-10-8-19/h5-6,11,15,20H,7-10,12H2,1-4H3,(H,21,22). The van der Waals surface area contributed by atoms with Crippen LogP contribution in [0.25, 0.3) is 0 Å². The molecule has 1 aromatic rings. The quantitative estimate of drug-likeness (QED) is 0.815.